The standard InChI is InChI=1S/C36H35FN6O7/c1-41(18-19-14-24-30(25(37)15-19)36(48)43(35(24)47)27-8-9-29(44)39-33(27)45)21-10-12-42(13-11-21)22-6-4-20(5-7-22)32-38-26-16-23(49-2)17-28(50-3)31(26)34(46)40-32/h4-7,14-17,21,27H,8-13,18H2,1-3H3,(H,38,40,46)(H,39,44,45). The van der Waals surface area contributed by atoms with Crippen LogP contribution in [0, 0.1) is 5.82 Å². The van der Waals surface area contributed by atoms with Gasteiger partial charge >= 0.3 is 0 Å². The Morgan fingerprint density at radius 2 is 1.68 bits per heavy atom. The van der Waals surface area contributed by atoms with E-state index < -0.39 is 35.5 Å². The molecule has 4 aromatic rings. The third-order valence-electron chi connectivity index (χ3n) is 9.78. The number of hydrogen-bond acceptors (Lipinski definition) is 10. The molecule has 1 atom stereocenters. The molecule has 2 N–H and O–H groups in total. The van der Waals surface area contributed by atoms with Crippen molar-refractivity contribution in [3.05, 3.63) is 81.4 Å². The zero-order valence-corrected chi connectivity index (χ0v) is 27.7. The summed E-state index contributed by atoms with van der Waals surface area (Å²) in [7, 11) is 4.98. The predicted octanol–water partition coefficient (Wildman–Crippen LogP) is 3.25. The number of fused-ring (bicyclic) bond motifs is 2. The smallest absolute Gasteiger partial charge is 0.265 e. The van der Waals surface area contributed by atoms with Crippen molar-refractivity contribution in [1.29, 1.82) is 0 Å². The van der Waals surface area contributed by atoms with Gasteiger partial charge in [-0.15, -0.1) is 0 Å². The van der Waals surface area contributed by atoms with E-state index in [0.717, 1.165) is 42.1 Å². The monoisotopic (exact) mass is 682 g/mol. The largest absolute Gasteiger partial charge is 0.497 e. The van der Waals surface area contributed by atoms with Crippen LogP contribution in [0.3, 0.4) is 0 Å². The van der Waals surface area contributed by atoms with Gasteiger partial charge in [-0.3, -0.25) is 39.1 Å². The molecule has 50 heavy (non-hydrogen) atoms. The summed E-state index contributed by atoms with van der Waals surface area (Å²) < 4.78 is 26.0. The molecule has 0 aliphatic carbocycles. The normalized spacial score (nSPS) is 18.2. The number of aromatic nitrogens is 2. The summed E-state index contributed by atoms with van der Waals surface area (Å²) in [6.07, 6.45) is 1.68. The highest BCUT2D eigenvalue weighted by atomic mass is 19.1. The third kappa shape index (κ3) is 5.85. The molecule has 0 radical (unpaired) electrons. The van der Waals surface area contributed by atoms with Crippen molar-refractivity contribution in [2.24, 2.45) is 0 Å². The maximum atomic E-state index is 15.3. The number of carbonyl (C=O) groups is 4. The quantitative estimate of drug-likeness (QED) is 0.265. The number of anilines is 1. The molecular weight excluding hydrogens is 647 g/mol. The molecule has 13 nitrogen and oxygen atoms in total. The first-order valence-electron chi connectivity index (χ1n) is 16.3. The number of benzene rings is 3. The number of halogens is 1. The predicted molar refractivity (Wildman–Crippen MR) is 181 cm³/mol. The van der Waals surface area contributed by atoms with Gasteiger partial charge in [0.25, 0.3) is 17.4 Å². The number of aromatic amines is 1. The van der Waals surface area contributed by atoms with Gasteiger partial charge in [-0.1, -0.05) is 0 Å². The fourth-order valence-corrected chi connectivity index (χ4v) is 7.13. The molecule has 258 valence electrons. The fourth-order valence-electron chi connectivity index (χ4n) is 7.13. The van der Waals surface area contributed by atoms with Crippen molar-refractivity contribution < 1.29 is 33.0 Å². The summed E-state index contributed by atoms with van der Waals surface area (Å²) >= 11 is 0. The number of imide groups is 2. The first-order chi connectivity index (χ1) is 24.1. The van der Waals surface area contributed by atoms with Gasteiger partial charge in [-0.25, -0.2) is 9.37 Å². The Labute approximate surface area is 286 Å². The van der Waals surface area contributed by atoms with Crippen molar-refractivity contribution >= 4 is 40.2 Å². The summed E-state index contributed by atoms with van der Waals surface area (Å²) in [5, 5.41) is 2.50. The highest BCUT2D eigenvalue weighted by molar-refractivity contribution is 6.23. The molecule has 3 aliphatic heterocycles. The third-order valence-corrected chi connectivity index (χ3v) is 9.78. The summed E-state index contributed by atoms with van der Waals surface area (Å²) in [5.74, 6) is -2.26. The number of nitrogens with one attached hydrogen (secondary N) is 2. The molecule has 0 bridgehead atoms. The molecule has 0 spiro atoms. The minimum atomic E-state index is -1.15. The van der Waals surface area contributed by atoms with Crippen molar-refractivity contribution in [3.8, 4) is 22.9 Å². The summed E-state index contributed by atoms with van der Waals surface area (Å²) in [5.41, 5.74) is 2.09. The Morgan fingerprint density at radius 3 is 2.36 bits per heavy atom. The second kappa shape index (κ2) is 13.0. The van der Waals surface area contributed by atoms with Gasteiger partial charge < -0.3 is 19.4 Å². The van der Waals surface area contributed by atoms with E-state index in [9.17, 15) is 24.0 Å². The van der Waals surface area contributed by atoms with E-state index in [0.29, 0.717) is 40.3 Å². The van der Waals surface area contributed by atoms with Crippen molar-refractivity contribution in [3.63, 3.8) is 0 Å². The zero-order chi connectivity index (χ0) is 35.3. The number of hydrogen-bond donors (Lipinski definition) is 2. The lowest BCUT2D eigenvalue weighted by Gasteiger charge is -2.38. The van der Waals surface area contributed by atoms with Gasteiger partial charge in [0, 0.05) is 55.5 Å². The SMILES string of the molecule is COc1cc(OC)c2c(=O)[nH]c(-c3ccc(N4CCC(N(C)Cc5cc(F)c6c(c5)C(=O)N(C5CCC(=O)NC5=O)C6=O)CC4)cc3)nc2c1. The second-order valence-electron chi connectivity index (χ2n) is 12.8. The molecule has 14 heteroatoms. The first kappa shape index (κ1) is 32.9. The average molecular weight is 683 g/mol. The maximum absolute atomic E-state index is 15.3. The number of H-pyrrole nitrogens is 1. The Bertz CT molecular complexity index is 2110. The van der Waals surface area contributed by atoms with Gasteiger partial charge in [-0.2, -0.15) is 0 Å². The fraction of sp³-hybridized carbons (Fsp3) is 0.333. The number of ether oxygens (including phenoxy) is 2. The molecule has 1 unspecified atom stereocenters. The van der Waals surface area contributed by atoms with E-state index in [1.54, 1.807) is 12.1 Å². The zero-order valence-electron chi connectivity index (χ0n) is 27.7. The van der Waals surface area contributed by atoms with E-state index in [4.69, 9.17) is 9.47 Å². The van der Waals surface area contributed by atoms with Crippen molar-refractivity contribution in [1.82, 2.24) is 25.1 Å². The summed E-state index contributed by atoms with van der Waals surface area (Å²) in [6.45, 7) is 1.93. The second-order valence-corrected chi connectivity index (χ2v) is 12.8. The number of amides is 4. The van der Waals surface area contributed by atoms with E-state index in [1.807, 2.05) is 31.3 Å². The van der Waals surface area contributed by atoms with Crippen LogP contribution in [0.1, 0.15) is 52.0 Å². The average Bonchev–Trinajstić information content (AvgIpc) is 3.36. The molecule has 0 saturated carbocycles. The molecule has 3 aromatic carbocycles. The molecular formula is C36H35FN6O7. The molecule has 4 heterocycles. The van der Waals surface area contributed by atoms with Gasteiger partial charge in [0.2, 0.25) is 11.8 Å². The van der Waals surface area contributed by atoms with Crippen LogP contribution in [-0.2, 0) is 16.1 Å². The first-order valence-corrected chi connectivity index (χ1v) is 16.3. The van der Waals surface area contributed by atoms with E-state index >= 15 is 4.39 Å². The van der Waals surface area contributed by atoms with Crippen molar-refractivity contribution in [2.75, 3.05) is 39.3 Å². The maximum Gasteiger partial charge on any atom is 0.265 e. The van der Waals surface area contributed by atoms with E-state index in [2.05, 4.69) is 25.1 Å². The lowest BCUT2D eigenvalue weighted by Crippen LogP contribution is -2.54. The van der Waals surface area contributed by atoms with Crippen LogP contribution >= 0.6 is 0 Å². The van der Waals surface area contributed by atoms with Gasteiger partial charge in [0.05, 0.1) is 30.9 Å². The summed E-state index contributed by atoms with van der Waals surface area (Å²) in [4.78, 5) is 75.9. The van der Waals surface area contributed by atoms with Gasteiger partial charge in [0.15, 0.2) is 0 Å². The molecule has 3 aliphatic rings. The topological polar surface area (TPSA) is 154 Å². The number of carbonyl (C=O) groups excluding carboxylic acids is 4. The van der Waals surface area contributed by atoms with Crippen LogP contribution < -0.4 is 25.2 Å². The van der Waals surface area contributed by atoms with E-state index in [1.165, 1.54) is 26.4 Å². The van der Waals surface area contributed by atoms with E-state index in [-0.39, 0.29) is 35.6 Å². The highest BCUT2D eigenvalue weighted by Gasteiger charge is 2.46. The highest BCUT2D eigenvalue weighted by Crippen LogP contribution is 2.32. The molecule has 2 saturated heterocycles. The molecule has 1 aromatic heterocycles. The Kier molecular flexibility index (Phi) is 8.56. The lowest BCUT2D eigenvalue weighted by molar-refractivity contribution is -0.136. The Balaban J connectivity index is 0.996. The Morgan fingerprint density at radius 1 is 0.940 bits per heavy atom. The number of piperidine rings is 2. The Hall–Kier alpha value is -5.63. The van der Waals surface area contributed by atoms with Crippen LogP contribution in [0.15, 0.2) is 53.3 Å². The number of methoxy groups -OCH3 is 2. The minimum Gasteiger partial charge on any atom is -0.497 e. The molecule has 2 fully saturated rings. The number of rotatable bonds is 8. The minimum absolute atomic E-state index is 0.00470. The van der Waals surface area contributed by atoms with Crippen molar-refractivity contribution in [2.45, 2.75) is 44.3 Å². The van der Waals surface area contributed by atoms with Gasteiger partial charge in [0.1, 0.15) is 34.6 Å². The number of nitrogens with zero attached hydrogens (tertiary/aromatic N) is 4. The van der Waals surface area contributed by atoms with Crippen LogP contribution in [0.4, 0.5) is 10.1 Å². The molecule has 4 amide bonds. The summed E-state index contributed by atoms with van der Waals surface area (Å²) in [6, 6.07) is 13.0. The lowest BCUT2D eigenvalue weighted by atomic mass is 10.0. The van der Waals surface area contributed by atoms with Crippen LogP contribution in [0.2, 0.25) is 0 Å². The van der Waals surface area contributed by atoms with Crippen LogP contribution in [0.5, 0.6) is 11.5 Å². The van der Waals surface area contributed by atoms with Gasteiger partial charge in [-0.05, 0) is 68.3 Å². The van der Waals surface area contributed by atoms with Crippen LogP contribution in [-0.4, -0.2) is 89.8 Å². The molecule has 7 rings (SSSR count). The van der Waals surface area contributed by atoms with Crippen LogP contribution in [0.25, 0.3) is 22.3 Å².